The Kier molecular flexibility index (Phi) is 6.45. The minimum absolute atomic E-state index is 0.0265. The molecular formula is C18H19F2N3O2. The molecule has 3 N–H and O–H groups in total. The predicted octanol–water partition coefficient (Wildman–Crippen LogP) is 3.22. The number of carbonyl (C=O) groups excluding carboxylic acids is 1. The normalized spacial score (nSPS) is 10.3. The largest absolute Gasteiger partial charge is 0.490 e. The highest BCUT2D eigenvalue weighted by atomic mass is 19.1. The van der Waals surface area contributed by atoms with Crippen LogP contribution in [-0.2, 0) is 6.54 Å². The van der Waals surface area contributed by atoms with Crippen molar-refractivity contribution in [1.82, 2.24) is 10.3 Å². The first-order valence-electron chi connectivity index (χ1n) is 7.74. The number of hydrogen-bond donors (Lipinski definition) is 2. The molecule has 1 aromatic carbocycles. The monoisotopic (exact) mass is 347 g/mol. The average Bonchev–Trinajstić information content (AvgIpc) is 2.58. The molecule has 0 spiro atoms. The number of aromatic nitrogens is 1. The second kappa shape index (κ2) is 8.77. The topological polar surface area (TPSA) is 77.2 Å². The lowest BCUT2D eigenvalue weighted by molar-refractivity contribution is 0.0951. The molecular weight excluding hydrogens is 328 g/mol. The quantitative estimate of drug-likeness (QED) is 0.437. The number of pyridine rings is 1. The van der Waals surface area contributed by atoms with Gasteiger partial charge in [-0.3, -0.25) is 4.79 Å². The second-order valence-corrected chi connectivity index (χ2v) is 5.26. The maximum absolute atomic E-state index is 14.4. The van der Waals surface area contributed by atoms with Crippen molar-refractivity contribution in [2.75, 3.05) is 12.3 Å². The van der Waals surface area contributed by atoms with Gasteiger partial charge in [-0.15, -0.1) is 6.58 Å². The van der Waals surface area contributed by atoms with Crippen molar-refractivity contribution in [1.29, 1.82) is 0 Å². The summed E-state index contributed by atoms with van der Waals surface area (Å²) in [5, 5.41) is 2.53. The summed E-state index contributed by atoms with van der Waals surface area (Å²) in [6, 6.07) is 6.96. The number of ether oxygens (including phenoxy) is 1. The van der Waals surface area contributed by atoms with E-state index in [1.165, 1.54) is 12.1 Å². The van der Waals surface area contributed by atoms with Crippen molar-refractivity contribution < 1.29 is 18.3 Å². The van der Waals surface area contributed by atoms with Gasteiger partial charge in [-0.1, -0.05) is 18.2 Å². The summed E-state index contributed by atoms with van der Waals surface area (Å²) < 4.78 is 32.7. The van der Waals surface area contributed by atoms with Crippen LogP contribution in [0, 0.1) is 11.8 Å². The van der Waals surface area contributed by atoms with Crippen LogP contribution in [0.3, 0.4) is 0 Å². The zero-order valence-electron chi connectivity index (χ0n) is 13.6. The number of nitrogen functional groups attached to an aromatic ring is 1. The van der Waals surface area contributed by atoms with Crippen molar-refractivity contribution >= 4 is 11.7 Å². The Labute approximate surface area is 144 Å². The zero-order valence-corrected chi connectivity index (χ0v) is 13.6. The van der Waals surface area contributed by atoms with Crippen LogP contribution in [0.1, 0.15) is 28.8 Å². The van der Waals surface area contributed by atoms with E-state index in [1.54, 1.807) is 18.2 Å². The summed E-state index contributed by atoms with van der Waals surface area (Å²) in [6.07, 6.45) is 3.28. The molecule has 5 nitrogen and oxygen atoms in total. The van der Waals surface area contributed by atoms with E-state index in [-0.39, 0.29) is 29.2 Å². The molecule has 0 bridgehead atoms. The molecule has 2 rings (SSSR count). The number of carbonyl (C=O) groups is 1. The molecule has 1 aromatic heterocycles. The first-order chi connectivity index (χ1) is 12.0. The van der Waals surface area contributed by atoms with Gasteiger partial charge in [-0.05, 0) is 31.0 Å². The van der Waals surface area contributed by atoms with Crippen LogP contribution in [0.25, 0.3) is 0 Å². The lowest BCUT2D eigenvalue weighted by atomic mass is 10.2. The molecule has 0 fully saturated rings. The van der Waals surface area contributed by atoms with Gasteiger partial charge < -0.3 is 15.8 Å². The number of nitrogens with zero attached hydrogens (tertiary/aromatic N) is 1. The molecule has 0 aliphatic carbocycles. The predicted molar refractivity (Wildman–Crippen MR) is 91.1 cm³/mol. The first kappa shape index (κ1) is 18.4. The van der Waals surface area contributed by atoms with E-state index in [9.17, 15) is 13.6 Å². The van der Waals surface area contributed by atoms with Crippen LogP contribution in [0.4, 0.5) is 14.6 Å². The number of amides is 1. The molecule has 0 radical (unpaired) electrons. The van der Waals surface area contributed by atoms with E-state index in [4.69, 9.17) is 10.5 Å². The van der Waals surface area contributed by atoms with E-state index < -0.39 is 17.7 Å². The second-order valence-electron chi connectivity index (χ2n) is 5.26. The van der Waals surface area contributed by atoms with E-state index >= 15 is 0 Å². The van der Waals surface area contributed by atoms with Gasteiger partial charge in [0.2, 0.25) is 5.95 Å². The van der Waals surface area contributed by atoms with Crippen LogP contribution in [0.15, 0.2) is 43.0 Å². The third-order valence-corrected chi connectivity index (χ3v) is 3.43. The van der Waals surface area contributed by atoms with Crippen molar-refractivity contribution in [2.24, 2.45) is 0 Å². The third kappa shape index (κ3) is 5.00. The number of nitrogens with two attached hydrogens (primary N) is 1. The van der Waals surface area contributed by atoms with Gasteiger partial charge in [0, 0.05) is 12.1 Å². The maximum atomic E-state index is 14.4. The lowest BCUT2D eigenvalue weighted by Crippen LogP contribution is -2.25. The summed E-state index contributed by atoms with van der Waals surface area (Å²) in [4.78, 5) is 15.5. The Morgan fingerprint density at radius 2 is 2.12 bits per heavy atom. The summed E-state index contributed by atoms with van der Waals surface area (Å²) in [5.74, 6) is -1.98. The van der Waals surface area contributed by atoms with Crippen LogP contribution >= 0.6 is 0 Å². The summed E-state index contributed by atoms with van der Waals surface area (Å²) >= 11 is 0. The Balaban J connectivity index is 2.00. The molecule has 0 aliphatic heterocycles. The number of benzene rings is 1. The summed E-state index contributed by atoms with van der Waals surface area (Å²) in [7, 11) is 0. The highest BCUT2D eigenvalue weighted by molar-refractivity contribution is 5.98. The van der Waals surface area contributed by atoms with Gasteiger partial charge in [-0.25, -0.2) is 9.37 Å². The number of anilines is 1. The third-order valence-electron chi connectivity index (χ3n) is 3.43. The first-order valence-corrected chi connectivity index (χ1v) is 7.74. The summed E-state index contributed by atoms with van der Waals surface area (Å²) in [6.45, 7) is 3.92. The number of halogens is 2. The van der Waals surface area contributed by atoms with Crippen molar-refractivity contribution in [3.05, 3.63) is 65.9 Å². The standard InChI is InChI=1S/C18H19F2N3O2/c1-2-3-4-10-25-14-7-5-6-12(16(14)20)11-22-18(24)13-8-9-15(19)23-17(13)21/h2,5-9H,1,3-4,10-11H2,(H2,21,23)(H,22,24). The fraction of sp³-hybridized carbons (Fsp3) is 0.222. The molecule has 132 valence electrons. The smallest absolute Gasteiger partial charge is 0.255 e. The molecule has 0 saturated carbocycles. The molecule has 7 heteroatoms. The molecule has 0 saturated heterocycles. The van der Waals surface area contributed by atoms with Gasteiger partial charge >= 0.3 is 0 Å². The van der Waals surface area contributed by atoms with Crippen LogP contribution in [-0.4, -0.2) is 17.5 Å². The minimum Gasteiger partial charge on any atom is -0.490 e. The molecule has 2 aromatic rings. The summed E-state index contributed by atoms with van der Waals surface area (Å²) in [5.41, 5.74) is 5.81. The Morgan fingerprint density at radius 1 is 1.32 bits per heavy atom. The maximum Gasteiger partial charge on any atom is 0.255 e. The number of nitrogens with one attached hydrogen (secondary N) is 1. The van der Waals surface area contributed by atoms with Crippen LogP contribution < -0.4 is 15.8 Å². The van der Waals surface area contributed by atoms with Crippen molar-refractivity contribution in [3.63, 3.8) is 0 Å². The van der Waals surface area contributed by atoms with Crippen LogP contribution in [0.2, 0.25) is 0 Å². The van der Waals surface area contributed by atoms with E-state index in [2.05, 4.69) is 16.9 Å². The average molecular weight is 347 g/mol. The van der Waals surface area contributed by atoms with Gasteiger partial charge in [0.15, 0.2) is 11.6 Å². The SMILES string of the molecule is C=CCCCOc1cccc(CNC(=O)c2ccc(F)nc2N)c1F. The molecule has 0 atom stereocenters. The van der Waals surface area contributed by atoms with E-state index in [0.717, 1.165) is 18.9 Å². The van der Waals surface area contributed by atoms with Gasteiger partial charge in [0.25, 0.3) is 5.91 Å². The molecule has 0 unspecified atom stereocenters. The molecule has 1 heterocycles. The van der Waals surface area contributed by atoms with Gasteiger partial charge in [0.05, 0.1) is 12.2 Å². The molecule has 25 heavy (non-hydrogen) atoms. The highest BCUT2D eigenvalue weighted by Crippen LogP contribution is 2.21. The van der Waals surface area contributed by atoms with Crippen LogP contribution in [0.5, 0.6) is 5.75 Å². The fourth-order valence-corrected chi connectivity index (χ4v) is 2.13. The number of rotatable bonds is 8. The Bertz CT molecular complexity index is 766. The Hall–Kier alpha value is -2.96. The van der Waals surface area contributed by atoms with Crippen molar-refractivity contribution in [2.45, 2.75) is 19.4 Å². The number of allylic oxidation sites excluding steroid dienone is 1. The lowest BCUT2D eigenvalue weighted by Gasteiger charge is -2.11. The number of hydrogen-bond acceptors (Lipinski definition) is 4. The van der Waals surface area contributed by atoms with E-state index in [0.29, 0.717) is 6.61 Å². The van der Waals surface area contributed by atoms with Gasteiger partial charge in [0.1, 0.15) is 5.82 Å². The molecule has 0 aliphatic rings. The highest BCUT2D eigenvalue weighted by Gasteiger charge is 2.14. The minimum atomic E-state index is -0.776. The van der Waals surface area contributed by atoms with Crippen molar-refractivity contribution in [3.8, 4) is 5.75 Å². The fourth-order valence-electron chi connectivity index (χ4n) is 2.13. The Morgan fingerprint density at radius 3 is 2.84 bits per heavy atom. The zero-order chi connectivity index (χ0) is 18.2. The number of unbranched alkanes of at least 4 members (excludes halogenated alkanes) is 1. The van der Waals surface area contributed by atoms with E-state index in [1.807, 2.05) is 0 Å². The molecule has 1 amide bonds. The van der Waals surface area contributed by atoms with Gasteiger partial charge in [-0.2, -0.15) is 4.39 Å².